The van der Waals surface area contributed by atoms with Crippen molar-refractivity contribution in [2.45, 2.75) is 44.8 Å². The van der Waals surface area contributed by atoms with E-state index in [1.54, 1.807) is 0 Å². The van der Waals surface area contributed by atoms with Crippen LogP contribution in [0.2, 0.25) is 0 Å². The van der Waals surface area contributed by atoms with E-state index < -0.39 is 0 Å². The number of halogens is 1. The number of rotatable bonds is 7. The fourth-order valence-electron chi connectivity index (χ4n) is 3.31. The summed E-state index contributed by atoms with van der Waals surface area (Å²) in [5.41, 5.74) is 4.36. The quantitative estimate of drug-likeness (QED) is 0.285. The normalized spacial score (nSPS) is 19.4. The molecule has 1 aliphatic carbocycles. The summed E-state index contributed by atoms with van der Waals surface area (Å²) in [6, 6.07) is 6.84. The minimum absolute atomic E-state index is 0. The standard InChI is InChI=1S/C19H29N3O2.HI/c1-20-19(21-9-3-10-24-18-8-11-23-14-18)22-13-15-6-7-16-4-2-5-17(16)12-15;/h6-7,12,18H,2-5,8-11,13-14H2,1H3,(H2,20,21,22);1H. The van der Waals surface area contributed by atoms with Gasteiger partial charge in [0.25, 0.3) is 0 Å². The van der Waals surface area contributed by atoms with Crippen LogP contribution in [0.4, 0.5) is 0 Å². The first-order chi connectivity index (χ1) is 11.8. The van der Waals surface area contributed by atoms with Gasteiger partial charge in [-0.3, -0.25) is 4.99 Å². The largest absolute Gasteiger partial charge is 0.379 e. The van der Waals surface area contributed by atoms with E-state index in [0.29, 0.717) is 6.10 Å². The average Bonchev–Trinajstić information content (AvgIpc) is 3.28. The Morgan fingerprint density at radius 2 is 2.16 bits per heavy atom. The van der Waals surface area contributed by atoms with Gasteiger partial charge in [-0.25, -0.2) is 0 Å². The predicted octanol–water partition coefficient (Wildman–Crippen LogP) is 2.65. The maximum atomic E-state index is 5.77. The molecule has 3 rings (SSSR count). The van der Waals surface area contributed by atoms with Crippen molar-refractivity contribution in [3.63, 3.8) is 0 Å². The topological polar surface area (TPSA) is 54.9 Å². The summed E-state index contributed by atoms with van der Waals surface area (Å²) in [6.07, 6.45) is 6.05. The first-order valence-electron chi connectivity index (χ1n) is 9.09. The van der Waals surface area contributed by atoms with Gasteiger partial charge in [0, 0.05) is 33.4 Å². The molecule has 25 heavy (non-hydrogen) atoms. The smallest absolute Gasteiger partial charge is 0.191 e. The highest BCUT2D eigenvalue weighted by Crippen LogP contribution is 2.22. The molecule has 1 aliphatic heterocycles. The Morgan fingerprint density at radius 3 is 2.96 bits per heavy atom. The summed E-state index contributed by atoms with van der Waals surface area (Å²) >= 11 is 0. The van der Waals surface area contributed by atoms with Crippen molar-refractivity contribution >= 4 is 29.9 Å². The van der Waals surface area contributed by atoms with Crippen LogP contribution in [-0.2, 0) is 28.9 Å². The summed E-state index contributed by atoms with van der Waals surface area (Å²) in [4.78, 5) is 4.28. The van der Waals surface area contributed by atoms with Crippen LogP contribution in [0, 0.1) is 0 Å². The van der Waals surface area contributed by atoms with Crippen LogP contribution in [0.3, 0.4) is 0 Å². The number of fused-ring (bicyclic) bond motifs is 1. The number of benzene rings is 1. The summed E-state index contributed by atoms with van der Waals surface area (Å²) in [5, 5.41) is 6.73. The summed E-state index contributed by atoms with van der Waals surface area (Å²) in [6.45, 7) is 4.02. The van der Waals surface area contributed by atoms with E-state index in [-0.39, 0.29) is 24.0 Å². The zero-order valence-corrected chi connectivity index (χ0v) is 17.4. The van der Waals surface area contributed by atoms with Gasteiger partial charge in [0.2, 0.25) is 0 Å². The molecule has 0 radical (unpaired) electrons. The molecule has 1 atom stereocenters. The maximum absolute atomic E-state index is 5.77. The van der Waals surface area contributed by atoms with Crippen LogP contribution >= 0.6 is 24.0 Å². The van der Waals surface area contributed by atoms with Crippen LogP contribution < -0.4 is 10.6 Å². The van der Waals surface area contributed by atoms with E-state index >= 15 is 0 Å². The fraction of sp³-hybridized carbons (Fsp3) is 0.632. The van der Waals surface area contributed by atoms with Crippen molar-refractivity contribution in [1.29, 1.82) is 0 Å². The van der Waals surface area contributed by atoms with E-state index in [9.17, 15) is 0 Å². The second kappa shape index (κ2) is 11.0. The minimum atomic E-state index is 0. The molecular formula is C19H30IN3O2. The fourth-order valence-corrected chi connectivity index (χ4v) is 3.31. The molecule has 1 fully saturated rings. The lowest BCUT2D eigenvalue weighted by molar-refractivity contribution is 0.0420. The van der Waals surface area contributed by atoms with Gasteiger partial charge in [0.05, 0.1) is 12.7 Å². The highest BCUT2D eigenvalue weighted by Gasteiger charge is 2.15. The molecule has 2 aliphatic rings. The van der Waals surface area contributed by atoms with Gasteiger partial charge in [-0.15, -0.1) is 24.0 Å². The first kappa shape index (κ1) is 20.5. The maximum Gasteiger partial charge on any atom is 0.191 e. The van der Waals surface area contributed by atoms with Crippen LogP contribution in [0.5, 0.6) is 0 Å². The van der Waals surface area contributed by atoms with Gasteiger partial charge in [0.1, 0.15) is 0 Å². The van der Waals surface area contributed by atoms with Crippen molar-refractivity contribution in [2.75, 3.05) is 33.4 Å². The molecular weight excluding hydrogens is 429 g/mol. The van der Waals surface area contributed by atoms with Crippen LogP contribution in [0.1, 0.15) is 36.0 Å². The SMILES string of the molecule is CN=C(NCCCOC1CCOC1)NCc1ccc2c(c1)CCC2.I. The highest BCUT2D eigenvalue weighted by molar-refractivity contribution is 14.0. The van der Waals surface area contributed by atoms with E-state index in [1.165, 1.54) is 36.0 Å². The monoisotopic (exact) mass is 459 g/mol. The summed E-state index contributed by atoms with van der Waals surface area (Å²) in [5.74, 6) is 0.847. The number of hydrogen-bond acceptors (Lipinski definition) is 3. The molecule has 0 aromatic heterocycles. The Labute approximate surface area is 168 Å². The molecule has 6 heteroatoms. The predicted molar refractivity (Wildman–Crippen MR) is 112 cm³/mol. The Kier molecular flexibility index (Phi) is 8.98. The van der Waals surface area contributed by atoms with E-state index in [4.69, 9.17) is 9.47 Å². The third-order valence-electron chi connectivity index (χ3n) is 4.70. The Morgan fingerprint density at radius 1 is 1.28 bits per heavy atom. The molecule has 0 saturated carbocycles. The van der Waals surface area contributed by atoms with Crippen LogP contribution in [0.25, 0.3) is 0 Å². The van der Waals surface area contributed by atoms with E-state index in [1.807, 2.05) is 7.05 Å². The van der Waals surface area contributed by atoms with Crippen molar-refractivity contribution < 1.29 is 9.47 Å². The molecule has 1 heterocycles. The lowest BCUT2D eigenvalue weighted by Gasteiger charge is -2.13. The number of ether oxygens (including phenoxy) is 2. The molecule has 2 N–H and O–H groups in total. The van der Waals surface area contributed by atoms with Crippen molar-refractivity contribution in [3.8, 4) is 0 Å². The zero-order chi connectivity index (χ0) is 16.6. The molecule has 140 valence electrons. The van der Waals surface area contributed by atoms with Crippen molar-refractivity contribution in [2.24, 2.45) is 4.99 Å². The second-order valence-electron chi connectivity index (χ2n) is 6.52. The van der Waals surface area contributed by atoms with Gasteiger partial charge in [0.15, 0.2) is 5.96 Å². The summed E-state index contributed by atoms with van der Waals surface area (Å²) in [7, 11) is 1.81. The Bertz CT molecular complexity index is 560. The Hall–Kier alpha value is -0.860. The van der Waals surface area contributed by atoms with Gasteiger partial charge in [-0.05, 0) is 48.8 Å². The molecule has 5 nitrogen and oxygen atoms in total. The zero-order valence-electron chi connectivity index (χ0n) is 15.1. The Balaban J connectivity index is 0.00000225. The number of guanidine groups is 1. The van der Waals surface area contributed by atoms with E-state index in [2.05, 4.69) is 33.8 Å². The number of aliphatic imine (C=N–C) groups is 1. The molecule has 1 saturated heterocycles. The lowest BCUT2D eigenvalue weighted by Crippen LogP contribution is -2.37. The average molecular weight is 459 g/mol. The number of hydrogen-bond donors (Lipinski definition) is 2. The molecule has 1 aromatic carbocycles. The molecule has 1 unspecified atom stereocenters. The van der Waals surface area contributed by atoms with Gasteiger partial charge in [-0.2, -0.15) is 0 Å². The first-order valence-corrected chi connectivity index (χ1v) is 9.09. The molecule has 0 bridgehead atoms. The lowest BCUT2D eigenvalue weighted by atomic mass is 10.1. The summed E-state index contributed by atoms with van der Waals surface area (Å²) < 4.78 is 11.1. The number of nitrogens with zero attached hydrogens (tertiary/aromatic N) is 1. The third kappa shape index (κ3) is 6.42. The second-order valence-corrected chi connectivity index (χ2v) is 6.52. The number of aryl methyl sites for hydroxylation is 2. The van der Waals surface area contributed by atoms with Crippen molar-refractivity contribution in [3.05, 3.63) is 34.9 Å². The molecule has 0 amide bonds. The highest BCUT2D eigenvalue weighted by atomic mass is 127. The van der Waals surface area contributed by atoms with Crippen LogP contribution in [-0.4, -0.2) is 45.5 Å². The van der Waals surface area contributed by atoms with Gasteiger partial charge in [-0.1, -0.05) is 18.2 Å². The number of nitrogens with one attached hydrogen (secondary N) is 2. The van der Waals surface area contributed by atoms with Gasteiger partial charge < -0.3 is 20.1 Å². The molecule has 0 spiro atoms. The minimum Gasteiger partial charge on any atom is -0.379 e. The van der Waals surface area contributed by atoms with Gasteiger partial charge >= 0.3 is 0 Å². The molecule has 1 aromatic rings. The van der Waals surface area contributed by atoms with E-state index in [0.717, 1.165) is 51.7 Å². The van der Waals surface area contributed by atoms with Crippen molar-refractivity contribution in [1.82, 2.24) is 10.6 Å². The van der Waals surface area contributed by atoms with Crippen LogP contribution in [0.15, 0.2) is 23.2 Å². The third-order valence-corrected chi connectivity index (χ3v) is 4.70.